The average molecular weight is 360 g/mol. The number of carbonyl (C=O) groups excluding carboxylic acids is 1. The second kappa shape index (κ2) is 9.19. The van der Waals surface area contributed by atoms with Crippen LogP contribution in [0.25, 0.3) is 0 Å². The zero-order valence-electron chi connectivity index (χ0n) is 16.5. The van der Waals surface area contributed by atoms with Crippen LogP contribution in [0.5, 0.6) is 0 Å². The Morgan fingerprint density at radius 3 is 2.62 bits per heavy atom. The van der Waals surface area contributed by atoms with Gasteiger partial charge in [-0.3, -0.25) is 0 Å². The molecular formula is C21H32N2O3. The second-order valence-corrected chi connectivity index (χ2v) is 7.99. The lowest BCUT2D eigenvalue weighted by atomic mass is 10.0. The predicted molar refractivity (Wildman–Crippen MR) is 104 cm³/mol. The number of likely N-dealkylation sites (tertiary alicyclic amines) is 1. The van der Waals surface area contributed by atoms with Crippen molar-refractivity contribution in [1.29, 1.82) is 0 Å². The van der Waals surface area contributed by atoms with Crippen LogP contribution >= 0.6 is 0 Å². The van der Waals surface area contributed by atoms with Crippen LogP contribution in [0.2, 0.25) is 0 Å². The molecule has 0 aromatic heterocycles. The fourth-order valence-corrected chi connectivity index (χ4v) is 2.91. The molecule has 2 atom stereocenters. The van der Waals surface area contributed by atoms with Crippen LogP contribution in [0.1, 0.15) is 39.7 Å². The van der Waals surface area contributed by atoms with Crippen LogP contribution in [0, 0.1) is 0 Å². The zero-order chi connectivity index (χ0) is 19.2. The van der Waals surface area contributed by atoms with Gasteiger partial charge in [-0.2, -0.15) is 0 Å². The Balaban J connectivity index is 1.97. The van der Waals surface area contributed by atoms with Gasteiger partial charge in [-0.1, -0.05) is 42.5 Å². The van der Waals surface area contributed by atoms with Crippen LogP contribution in [0.3, 0.4) is 0 Å². The van der Waals surface area contributed by atoms with Gasteiger partial charge in [0.05, 0.1) is 19.3 Å². The largest absolute Gasteiger partial charge is 0.444 e. The third-order valence-corrected chi connectivity index (χ3v) is 4.17. The molecule has 1 aliphatic rings. The molecule has 1 amide bonds. The van der Waals surface area contributed by atoms with Gasteiger partial charge in [0.15, 0.2) is 0 Å². The Morgan fingerprint density at radius 1 is 1.31 bits per heavy atom. The number of nitrogens with zero attached hydrogens (tertiary/aromatic N) is 1. The van der Waals surface area contributed by atoms with Gasteiger partial charge < -0.3 is 19.7 Å². The zero-order valence-corrected chi connectivity index (χ0v) is 16.5. The van der Waals surface area contributed by atoms with Crippen molar-refractivity contribution in [3.8, 4) is 0 Å². The summed E-state index contributed by atoms with van der Waals surface area (Å²) in [5, 5.41) is 3.59. The summed E-state index contributed by atoms with van der Waals surface area (Å²) in [5.74, 6) is 0. The van der Waals surface area contributed by atoms with Crippen molar-refractivity contribution < 1.29 is 14.3 Å². The standard InChI is InChI=1S/C21H32N2O3/c1-16(2)15-25-19-14-23(20(24)26-21(3,4)5)12-11-18(19)22-13-17-9-7-6-8-10-17/h6-10,18-19,22H,1,11-15H2,2-5H3/t18-,19+/m1/s1. The van der Waals surface area contributed by atoms with E-state index in [2.05, 4.69) is 24.0 Å². The molecular weight excluding hydrogens is 328 g/mol. The number of hydrogen-bond donors (Lipinski definition) is 1. The van der Waals surface area contributed by atoms with Crippen LogP contribution in [0.15, 0.2) is 42.5 Å². The summed E-state index contributed by atoms with van der Waals surface area (Å²) >= 11 is 0. The van der Waals surface area contributed by atoms with Gasteiger partial charge in [-0.15, -0.1) is 0 Å². The minimum atomic E-state index is -0.493. The summed E-state index contributed by atoms with van der Waals surface area (Å²) in [4.78, 5) is 14.1. The maximum Gasteiger partial charge on any atom is 0.410 e. The topological polar surface area (TPSA) is 50.8 Å². The normalized spacial score (nSPS) is 20.7. The Bertz CT molecular complexity index is 595. The van der Waals surface area contributed by atoms with E-state index in [-0.39, 0.29) is 18.2 Å². The van der Waals surface area contributed by atoms with Crippen LogP contribution in [0.4, 0.5) is 4.79 Å². The highest BCUT2D eigenvalue weighted by Gasteiger charge is 2.33. The Hall–Kier alpha value is -1.85. The van der Waals surface area contributed by atoms with E-state index in [1.165, 1.54) is 5.56 Å². The number of ether oxygens (including phenoxy) is 2. The summed E-state index contributed by atoms with van der Waals surface area (Å²) in [5.41, 5.74) is 1.72. The molecule has 0 bridgehead atoms. The minimum Gasteiger partial charge on any atom is -0.444 e. The molecule has 5 nitrogen and oxygen atoms in total. The highest BCUT2D eigenvalue weighted by molar-refractivity contribution is 5.68. The molecule has 0 saturated carbocycles. The molecule has 2 rings (SSSR count). The molecule has 5 heteroatoms. The summed E-state index contributed by atoms with van der Waals surface area (Å²) < 4.78 is 11.6. The van der Waals surface area contributed by atoms with E-state index < -0.39 is 5.60 Å². The van der Waals surface area contributed by atoms with Crippen LogP contribution in [-0.2, 0) is 16.0 Å². The average Bonchev–Trinajstić information content (AvgIpc) is 2.57. The van der Waals surface area contributed by atoms with Gasteiger partial charge in [-0.25, -0.2) is 4.79 Å². The molecule has 1 heterocycles. The number of rotatable bonds is 6. The number of hydrogen-bond acceptors (Lipinski definition) is 4. The van der Waals surface area contributed by atoms with Gasteiger partial charge in [0.1, 0.15) is 5.60 Å². The molecule has 144 valence electrons. The van der Waals surface area contributed by atoms with Crippen molar-refractivity contribution in [3.63, 3.8) is 0 Å². The maximum absolute atomic E-state index is 12.4. The molecule has 0 spiro atoms. The molecule has 1 aromatic rings. The van der Waals surface area contributed by atoms with Gasteiger partial charge in [0.25, 0.3) is 0 Å². The number of nitrogens with one attached hydrogen (secondary N) is 1. The van der Waals surface area contributed by atoms with Crippen molar-refractivity contribution in [1.82, 2.24) is 10.2 Å². The van der Waals surface area contributed by atoms with Crippen molar-refractivity contribution in [2.24, 2.45) is 0 Å². The lowest BCUT2D eigenvalue weighted by Crippen LogP contribution is -2.55. The molecule has 0 aliphatic carbocycles. The summed E-state index contributed by atoms with van der Waals surface area (Å²) in [7, 11) is 0. The highest BCUT2D eigenvalue weighted by atomic mass is 16.6. The molecule has 0 radical (unpaired) electrons. The molecule has 1 saturated heterocycles. The first-order valence-electron chi connectivity index (χ1n) is 9.26. The smallest absolute Gasteiger partial charge is 0.410 e. The SMILES string of the molecule is C=C(C)CO[C@H]1CN(C(=O)OC(C)(C)C)CC[C@H]1NCc1ccccc1. The van der Waals surface area contributed by atoms with E-state index in [1.807, 2.05) is 45.9 Å². The maximum atomic E-state index is 12.4. The quantitative estimate of drug-likeness (QED) is 0.785. The summed E-state index contributed by atoms with van der Waals surface area (Å²) in [6.07, 6.45) is 0.465. The number of amides is 1. The second-order valence-electron chi connectivity index (χ2n) is 7.99. The number of benzene rings is 1. The van der Waals surface area contributed by atoms with E-state index in [0.29, 0.717) is 19.7 Å². The molecule has 1 aromatic carbocycles. The fourth-order valence-electron chi connectivity index (χ4n) is 2.91. The Labute approximate surface area is 157 Å². The van der Waals surface area contributed by atoms with E-state index in [1.54, 1.807) is 4.90 Å². The third kappa shape index (κ3) is 6.81. The van der Waals surface area contributed by atoms with Gasteiger partial charge >= 0.3 is 6.09 Å². The van der Waals surface area contributed by atoms with Crippen molar-refractivity contribution >= 4 is 6.09 Å². The van der Waals surface area contributed by atoms with Crippen molar-refractivity contribution in [3.05, 3.63) is 48.0 Å². The Morgan fingerprint density at radius 2 is 2.00 bits per heavy atom. The van der Waals surface area contributed by atoms with E-state index in [0.717, 1.165) is 18.5 Å². The predicted octanol–water partition coefficient (Wildman–Crippen LogP) is 3.75. The van der Waals surface area contributed by atoms with Crippen molar-refractivity contribution in [2.75, 3.05) is 19.7 Å². The minimum absolute atomic E-state index is 0.0864. The van der Waals surface area contributed by atoms with Gasteiger partial charge in [-0.05, 0) is 39.7 Å². The molecule has 1 fully saturated rings. The Kier molecular flexibility index (Phi) is 7.23. The first kappa shape index (κ1) is 20.5. The first-order chi connectivity index (χ1) is 12.2. The monoisotopic (exact) mass is 360 g/mol. The third-order valence-electron chi connectivity index (χ3n) is 4.17. The van der Waals surface area contributed by atoms with Gasteiger partial charge in [0, 0.05) is 19.1 Å². The number of piperidine rings is 1. The van der Waals surface area contributed by atoms with E-state index in [4.69, 9.17) is 9.47 Å². The lowest BCUT2D eigenvalue weighted by molar-refractivity contribution is -0.0287. The van der Waals surface area contributed by atoms with Crippen molar-refractivity contribution in [2.45, 2.75) is 58.4 Å². The van der Waals surface area contributed by atoms with E-state index >= 15 is 0 Å². The number of carbonyl (C=O) groups is 1. The van der Waals surface area contributed by atoms with Crippen LogP contribution in [-0.4, -0.2) is 48.4 Å². The lowest BCUT2D eigenvalue weighted by Gasteiger charge is -2.39. The summed E-state index contributed by atoms with van der Waals surface area (Å²) in [6.45, 7) is 14.0. The summed E-state index contributed by atoms with van der Waals surface area (Å²) in [6, 6.07) is 10.5. The molecule has 0 unspecified atom stereocenters. The molecule has 26 heavy (non-hydrogen) atoms. The first-order valence-corrected chi connectivity index (χ1v) is 9.26. The van der Waals surface area contributed by atoms with E-state index in [9.17, 15) is 4.79 Å². The molecule has 1 aliphatic heterocycles. The molecule has 1 N–H and O–H groups in total. The highest BCUT2D eigenvalue weighted by Crippen LogP contribution is 2.19. The van der Waals surface area contributed by atoms with Gasteiger partial charge in [0.2, 0.25) is 0 Å². The fraction of sp³-hybridized carbons (Fsp3) is 0.571. The van der Waals surface area contributed by atoms with Crippen LogP contribution < -0.4 is 5.32 Å².